The van der Waals surface area contributed by atoms with Crippen LogP contribution in [0.1, 0.15) is 31.4 Å². The Morgan fingerprint density at radius 3 is 2.97 bits per heavy atom. The monoisotopic (exact) mass is 397 g/mol. The van der Waals surface area contributed by atoms with Gasteiger partial charge in [0.1, 0.15) is 11.8 Å². The summed E-state index contributed by atoms with van der Waals surface area (Å²) in [7, 11) is 1.65. The van der Waals surface area contributed by atoms with E-state index in [-0.39, 0.29) is 6.04 Å². The van der Waals surface area contributed by atoms with Crippen molar-refractivity contribution < 1.29 is 23.9 Å². The number of piperidine rings is 3. The highest BCUT2D eigenvalue weighted by Gasteiger charge is 2.47. The van der Waals surface area contributed by atoms with Crippen LogP contribution in [-0.4, -0.2) is 44.0 Å². The molecule has 0 spiro atoms. The molecular weight excluding hydrogens is 368 g/mol. The number of pyridine rings is 1. The third-order valence-electron chi connectivity index (χ3n) is 6.46. The van der Waals surface area contributed by atoms with Crippen LogP contribution in [0.4, 0.5) is 4.79 Å². The SMILES string of the molecule is C=C[C@H]1C[NH+]2CC[C@@H]1C[C@@H]2[C@@H](OC(=O)OCC)c1ccnc2ccc(OC)cc12. The number of hydrogen-bond donors (Lipinski definition) is 1. The molecule has 1 aromatic heterocycles. The average Bonchev–Trinajstić information content (AvgIpc) is 2.77. The lowest BCUT2D eigenvalue weighted by Gasteiger charge is -2.48. The summed E-state index contributed by atoms with van der Waals surface area (Å²) >= 11 is 0. The van der Waals surface area contributed by atoms with Gasteiger partial charge in [0.25, 0.3) is 0 Å². The Bertz CT molecular complexity index is 900. The van der Waals surface area contributed by atoms with Gasteiger partial charge in [-0.25, -0.2) is 4.79 Å². The molecule has 6 heteroatoms. The smallest absolute Gasteiger partial charge is 0.497 e. The Morgan fingerprint density at radius 2 is 2.28 bits per heavy atom. The summed E-state index contributed by atoms with van der Waals surface area (Å²) in [5.41, 5.74) is 1.82. The number of methoxy groups -OCH3 is 1. The van der Waals surface area contributed by atoms with E-state index < -0.39 is 12.3 Å². The van der Waals surface area contributed by atoms with Crippen molar-refractivity contribution in [1.82, 2.24) is 4.98 Å². The van der Waals surface area contributed by atoms with Crippen molar-refractivity contribution in [2.24, 2.45) is 11.8 Å². The average molecular weight is 397 g/mol. The second-order valence-corrected chi connectivity index (χ2v) is 7.91. The quantitative estimate of drug-likeness (QED) is 0.600. The zero-order valence-electron chi connectivity index (χ0n) is 17.1. The Morgan fingerprint density at radius 1 is 1.41 bits per heavy atom. The highest BCUT2D eigenvalue weighted by molar-refractivity contribution is 5.84. The molecule has 4 heterocycles. The molecule has 3 saturated heterocycles. The van der Waals surface area contributed by atoms with Crippen LogP contribution in [0.15, 0.2) is 43.1 Å². The van der Waals surface area contributed by atoms with Gasteiger partial charge in [0, 0.05) is 35.9 Å². The number of fused-ring (bicyclic) bond motifs is 4. The minimum atomic E-state index is -0.618. The molecule has 2 aromatic rings. The second kappa shape index (κ2) is 8.41. The summed E-state index contributed by atoms with van der Waals surface area (Å²) in [6.45, 7) is 8.23. The Kier molecular flexibility index (Phi) is 5.72. The molecule has 1 N–H and O–H groups in total. The van der Waals surface area contributed by atoms with Gasteiger partial charge in [-0.15, -0.1) is 6.58 Å². The van der Waals surface area contributed by atoms with Gasteiger partial charge in [-0.1, -0.05) is 6.08 Å². The molecule has 0 radical (unpaired) electrons. The van der Waals surface area contributed by atoms with Crippen LogP contribution < -0.4 is 9.64 Å². The lowest BCUT2D eigenvalue weighted by atomic mass is 9.73. The summed E-state index contributed by atoms with van der Waals surface area (Å²) in [4.78, 5) is 18.3. The largest absolute Gasteiger partial charge is 0.509 e. The van der Waals surface area contributed by atoms with Gasteiger partial charge in [0.2, 0.25) is 0 Å². The fourth-order valence-corrected chi connectivity index (χ4v) is 5.03. The molecule has 6 nitrogen and oxygen atoms in total. The predicted octanol–water partition coefficient (Wildman–Crippen LogP) is 2.94. The first-order valence-electron chi connectivity index (χ1n) is 10.4. The first-order valence-corrected chi connectivity index (χ1v) is 10.4. The van der Waals surface area contributed by atoms with Crippen LogP contribution in [0, 0.1) is 11.8 Å². The van der Waals surface area contributed by atoms with Crippen molar-refractivity contribution in [2.45, 2.75) is 31.9 Å². The topological polar surface area (TPSA) is 62.1 Å². The van der Waals surface area contributed by atoms with E-state index in [2.05, 4.69) is 17.6 Å². The lowest BCUT2D eigenvalue weighted by molar-refractivity contribution is -0.949. The number of benzene rings is 1. The van der Waals surface area contributed by atoms with Gasteiger partial charge >= 0.3 is 6.16 Å². The first-order chi connectivity index (χ1) is 14.1. The zero-order valence-corrected chi connectivity index (χ0v) is 17.1. The number of carbonyl (C=O) groups is 1. The Balaban J connectivity index is 1.75. The molecule has 0 saturated carbocycles. The molecule has 1 unspecified atom stereocenters. The Labute approximate surface area is 171 Å². The number of hydrogen-bond acceptors (Lipinski definition) is 5. The molecule has 3 aliphatic heterocycles. The van der Waals surface area contributed by atoms with Crippen molar-refractivity contribution in [3.05, 3.63) is 48.7 Å². The lowest BCUT2D eigenvalue weighted by Crippen LogP contribution is -3.20. The number of carbonyl (C=O) groups excluding carboxylic acids is 1. The van der Waals surface area contributed by atoms with E-state index in [0.29, 0.717) is 18.4 Å². The molecule has 5 atom stereocenters. The maximum atomic E-state index is 12.3. The van der Waals surface area contributed by atoms with Crippen molar-refractivity contribution in [3.8, 4) is 5.75 Å². The van der Waals surface area contributed by atoms with Crippen molar-refractivity contribution in [1.29, 1.82) is 0 Å². The number of rotatable bonds is 6. The van der Waals surface area contributed by atoms with Crippen molar-refractivity contribution in [2.75, 3.05) is 26.8 Å². The van der Waals surface area contributed by atoms with E-state index in [1.807, 2.05) is 24.3 Å². The summed E-state index contributed by atoms with van der Waals surface area (Å²) < 4.78 is 16.5. The normalized spacial score (nSPS) is 26.7. The fraction of sp³-hybridized carbons (Fsp3) is 0.478. The number of nitrogens with one attached hydrogen (secondary N) is 1. The van der Waals surface area contributed by atoms with Gasteiger partial charge in [-0.3, -0.25) is 4.98 Å². The molecule has 154 valence electrons. The fourth-order valence-electron chi connectivity index (χ4n) is 5.03. The van der Waals surface area contributed by atoms with E-state index in [0.717, 1.165) is 41.7 Å². The molecule has 1 aromatic carbocycles. The molecule has 2 bridgehead atoms. The maximum absolute atomic E-state index is 12.3. The number of nitrogens with zero attached hydrogens (tertiary/aromatic N) is 1. The minimum absolute atomic E-state index is 0.186. The van der Waals surface area contributed by atoms with Crippen molar-refractivity contribution in [3.63, 3.8) is 0 Å². The van der Waals surface area contributed by atoms with Gasteiger partial charge in [-0.05, 0) is 37.1 Å². The van der Waals surface area contributed by atoms with Gasteiger partial charge in [0.05, 0.1) is 32.3 Å². The van der Waals surface area contributed by atoms with Gasteiger partial charge in [-0.2, -0.15) is 0 Å². The molecule has 3 fully saturated rings. The highest BCUT2D eigenvalue weighted by atomic mass is 16.7. The number of ether oxygens (including phenoxy) is 3. The number of quaternary nitrogens is 1. The van der Waals surface area contributed by atoms with E-state index in [1.54, 1.807) is 20.2 Å². The van der Waals surface area contributed by atoms with Crippen LogP contribution in [-0.2, 0) is 9.47 Å². The van der Waals surface area contributed by atoms with E-state index >= 15 is 0 Å². The summed E-state index contributed by atoms with van der Waals surface area (Å²) in [6.07, 6.45) is 5.06. The van der Waals surface area contributed by atoms with Crippen molar-refractivity contribution >= 4 is 17.1 Å². The maximum Gasteiger partial charge on any atom is 0.509 e. The molecule has 3 aliphatic rings. The van der Waals surface area contributed by atoms with Gasteiger partial charge in [0.15, 0.2) is 6.10 Å². The third-order valence-corrected chi connectivity index (χ3v) is 6.46. The molecular formula is C23H29N2O4+. The van der Waals surface area contributed by atoms with Crippen LogP contribution in [0.3, 0.4) is 0 Å². The molecule has 5 rings (SSSR count). The highest BCUT2D eigenvalue weighted by Crippen LogP contribution is 2.36. The first kappa shape index (κ1) is 19.7. The molecule has 0 aliphatic carbocycles. The van der Waals surface area contributed by atoms with E-state index in [1.165, 1.54) is 11.3 Å². The van der Waals surface area contributed by atoms with Crippen LogP contribution >= 0.6 is 0 Å². The van der Waals surface area contributed by atoms with Gasteiger partial charge < -0.3 is 19.1 Å². The summed E-state index contributed by atoms with van der Waals surface area (Å²) in [5.74, 6) is 1.88. The standard InChI is InChI=1S/C23H28N2O4/c1-4-15-14-25-11-9-16(15)12-21(25)22(29-23(26)28-5-2)18-8-10-24-20-7-6-17(27-3)13-19(18)20/h4,6-8,10,13,15-16,21-22H,1,5,9,11-12,14H2,2-3H3/p+1/t15-,16+,21+,22-/m0/s1. The number of aromatic nitrogens is 1. The molecule has 0 amide bonds. The summed E-state index contributed by atoms with van der Waals surface area (Å²) in [5, 5.41) is 0.948. The zero-order chi connectivity index (χ0) is 20.4. The summed E-state index contributed by atoms with van der Waals surface area (Å²) in [6, 6.07) is 7.95. The Hall–Kier alpha value is -2.60. The van der Waals surface area contributed by atoms with E-state index in [9.17, 15) is 4.79 Å². The predicted molar refractivity (Wildman–Crippen MR) is 110 cm³/mol. The second-order valence-electron chi connectivity index (χ2n) is 7.91. The van der Waals surface area contributed by atoms with Crippen LogP contribution in [0.5, 0.6) is 5.75 Å². The van der Waals surface area contributed by atoms with E-state index in [4.69, 9.17) is 14.2 Å². The van der Waals surface area contributed by atoms with Crippen LogP contribution in [0.2, 0.25) is 0 Å². The minimum Gasteiger partial charge on any atom is -0.497 e. The van der Waals surface area contributed by atoms with Crippen LogP contribution in [0.25, 0.3) is 10.9 Å². The molecule has 29 heavy (non-hydrogen) atoms. The third kappa shape index (κ3) is 3.81.